The van der Waals surface area contributed by atoms with E-state index in [4.69, 9.17) is 4.74 Å². The van der Waals surface area contributed by atoms with Crippen LogP contribution >= 0.6 is 0 Å². The van der Waals surface area contributed by atoms with Crippen LogP contribution in [0.2, 0.25) is 0 Å². The lowest BCUT2D eigenvalue weighted by atomic mass is 10.2. The van der Waals surface area contributed by atoms with E-state index in [9.17, 15) is 4.79 Å². The number of hydrogen-bond acceptors (Lipinski definition) is 4. The molecule has 0 aliphatic carbocycles. The number of nitrogens with one attached hydrogen (secondary N) is 1. The number of aromatic nitrogens is 2. The molecule has 1 aromatic heterocycles. The first kappa shape index (κ1) is 16.7. The van der Waals surface area contributed by atoms with Gasteiger partial charge in [0.25, 0.3) is 0 Å². The van der Waals surface area contributed by atoms with Crippen molar-refractivity contribution in [1.82, 2.24) is 15.3 Å². The second-order valence-corrected chi connectivity index (χ2v) is 5.25. The van der Waals surface area contributed by atoms with Gasteiger partial charge >= 0.3 is 0 Å². The van der Waals surface area contributed by atoms with Gasteiger partial charge in [-0.25, -0.2) is 0 Å². The van der Waals surface area contributed by atoms with Gasteiger partial charge in [0, 0.05) is 6.08 Å². The van der Waals surface area contributed by atoms with Crippen LogP contribution in [-0.2, 0) is 11.3 Å². The van der Waals surface area contributed by atoms with E-state index in [1.54, 1.807) is 13.2 Å². The highest BCUT2D eigenvalue weighted by Gasteiger charge is 2.06. The molecule has 1 amide bonds. The summed E-state index contributed by atoms with van der Waals surface area (Å²) in [5, 5.41) is 2.83. The SMILES string of the molecule is COc1ccc(/C=C/C(=O)NCc2nc(C)c(C)nc2C)cc1. The predicted octanol–water partition coefficient (Wildman–Crippen LogP) is 2.74. The average Bonchev–Trinajstić information content (AvgIpc) is 2.55. The third kappa shape index (κ3) is 4.64. The number of aryl methyl sites for hydroxylation is 3. The number of hydrogen-bond donors (Lipinski definition) is 1. The molecule has 0 aliphatic heterocycles. The topological polar surface area (TPSA) is 64.1 Å². The molecule has 23 heavy (non-hydrogen) atoms. The molecule has 0 aliphatic rings. The van der Waals surface area contributed by atoms with Gasteiger partial charge in [0.2, 0.25) is 5.91 Å². The van der Waals surface area contributed by atoms with Gasteiger partial charge in [-0.1, -0.05) is 12.1 Å². The molecular formula is C18H21N3O2. The molecule has 2 aromatic rings. The summed E-state index contributed by atoms with van der Waals surface area (Å²) >= 11 is 0. The van der Waals surface area contributed by atoms with Crippen molar-refractivity contribution in [1.29, 1.82) is 0 Å². The third-order valence-electron chi connectivity index (χ3n) is 3.55. The van der Waals surface area contributed by atoms with Gasteiger partial charge in [0.05, 0.1) is 36.4 Å². The molecule has 5 heteroatoms. The van der Waals surface area contributed by atoms with Gasteiger partial charge in [-0.3, -0.25) is 14.8 Å². The number of nitrogens with zero attached hydrogens (tertiary/aromatic N) is 2. The minimum absolute atomic E-state index is 0.166. The Balaban J connectivity index is 1.94. The van der Waals surface area contributed by atoms with E-state index in [1.165, 1.54) is 6.08 Å². The Kier molecular flexibility index (Phi) is 5.46. The molecule has 0 atom stereocenters. The number of methoxy groups -OCH3 is 1. The number of ether oxygens (including phenoxy) is 1. The summed E-state index contributed by atoms with van der Waals surface area (Å²) in [7, 11) is 1.62. The summed E-state index contributed by atoms with van der Waals surface area (Å²) < 4.78 is 5.10. The maximum Gasteiger partial charge on any atom is 0.244 e. The minimum atomic E-state index is -0.166. The summed E-state index contributed by atoms with van der Waals surface area (Å²) in [5.74, 6) is 0.621. The standard InChI is InChI=1S/C18H21N3O2/c1-12-13(2)21-17(14(3)20-12)11-19-18(22)10-7-15-5-8-16(23-4)9-6-15/h5-10H,11H2,1-4H3,(H,19,22)/b10-7+. The zero-order valence-electron chi connectivity index (χ0n) is 13.9. The number of amides is 1. The van der Waals surface area contributed by atoms with Gasteiger partial charge in [0.1, 0.15) is 5.75 Å². The molecule has 1 N–H and O–H groups in total. The van der Waals surface area contributed by atoms with Gasteiger partial charge in [-0.05, 0) is 44.5 Å². The maximum absolute atomic E-state index is 11.9. The highest BCUT2D eigenvalue weighted by Crippen LogP contribution is 2.12. The summed E-state index contributed by atoms with van der Waals surface area (Å²) in [6.45, 7) is 6.10. The molecule has 2 rings (SSSR count). The molecule has 0 bridgehead atoms. The smallest absolute Gasteiger partial charge is 0.244 e. The molecule has 0 saturated heterocycles. The number of rotatable bonds is 5. The van der Waals surface area contributed by atoms with E-state index in [0.717, 1.165) is 34.1 Å². The molecule has 0 saturated carbocycles. The van der Waals surface area contributed by atoms with Crippen LogP contribution in [0.5, 0.6) is 5.75 Å². The zero-order valence-corrected chi connectivity index (χ0v) is 13.9. The Morgan fingerprint density at radius 1 is 1.09 bits per heavy atom. The van der Waals surface area contributed by atoms with Crippen molar-refractivity contribution in [2.24, 2.45) is 0 Å². The highest BCUT2D eigenvalue weighted by molar-refractivity contribution is 5.91. The van der Waals surface area contributed by atoms with Crippen molar-refractivity contribution < 1.29 is 9.53 Å². The average molecular weight is 311 g/mol. The molecular weight excluding hydrogens is 290 g/mol. The van der Waals surface area contributed by atoms with E-state index >= 15 is 0 Å². The van der Waals surface area contributed by atoms with E-state index < -0.39 is 0 Å². The monoisotopic (exact) mass is 311 g/mol. The van der Waals surface area contributed by atoms with Crippen molar-refractivity contribution in [3.8, 4) is 5.75 Å². The van der Waals surface area contributed by atoms with E-state index in [2.05, 4.69) is 15.3 Å². The van der Waals surface area contributed by atoms with Crippen molar-refractivity contribution in [2.75, 3.05) is 7.11 Å². The fourth-order valence-electron chi connectivity index (χ4n) is 2.05. The van der Waals surface area contributed by atoms with Gasteiger partial charge < -0.3 is 10.1 Å². The molecule has 1 heterocycles. The fourth-order valence-corrected chi connectivity index (χ4v) is 2.05. The zero-order chi connectivity index (χ0) is 16.8. The largest absolute Gasteiger partial charge is 0.497 e. The minimum Gasteiger partial charge on any atom is -0.497 e. The van der Waals surface area contributed by atoms with Crippen molar-refractivity contribution in [3.05, 3.63) is 58.7 Å². The molecule has 0 unspecified atom stereocenters. The summed E-state index contributed by atoms with van der Waals surface area (Å²) in [6.07, 6.45) is 3.26. The third-order valence-corrected chi connectivity index (χ3v) is 3.55. The van der Waals surface area contributed by atoms with Crippen molar-refractivity contribution in [3.63, 3.8) is 0 Å². The van der Waals surface area contributed by atoms with Crippen LogP contribution in [0, 0.1) is 20.8 Å². The summed E-state index contributed by atoms with van der Waals surface area (Å²) in [6, 6.07) is 7.49. The lowest BCUT2D eigenvalue weighted by Gasteiger charge is -2.08. The molecule has 0 spiro atoms. The normalized spacial score (nSPS) is 10.8. The maximum atomic E-state index is 11.9. The van der Waals surface area contributed by atoms with E-state index in [0.29, 0.717) is 6.54 Å². The summed E-state index contributed by atoms with van der Waals surface area (Å²) in [5.41, 5.74) is 4.36. The van der Waals surface area contributed by atoms with Crippen LogP contribution in [-0.4, -0.2) is 23.0 Å². The molecule has 0 fully saturated rings. The Morgan fingerprint density at radius 3 is 2.39 bits per heavy atom. The number of carbonyl (C=O) groups is 1. The fraction of sp³-hybridized carbons (Fsp3) is 0.278. The first-order valence-electron chi connectivity index (χ1n) is 7.40. The Labute approximate surface area is 136 Å². The molecule has 120 valence electrons. The van der Waals surface area contributed by atoms with E-state index in [-0.39, 0.29) is 5.91 Å². The first-order valence-corrected chi connectivity index (χ1v) is 7.40. The summed E-state index contributed by atoms with van der Waals surface area (Å²) in [4.78, 5) is 20.8. The Hall–Kier alpha value is -2.69. The van der Waals surface area contributed by atoms with Gasteiger partial charge in [0.15, 0.2) is 0 Å². The lowest BCUT2D eigenvalue weighted by Crippen LogP contribution is -2.22. The molecule has 0 radical (unpaired) electrons. The predicted molar refractivity (Wildman–Crippen MR) is 90.1 cm³/mol. The quantitative estimate of drug-likeness (QED) is 0.862. The van der Waals surface area contributed by atoms with Crippen LogP contribution in [0.3, 0.4) is 0 Å². The first-order chi connectivity index (χ1) is 11.0. The van der Waals surface area contributed by atoms with E-state index in [1.807, 2.05) is 45.0 Å². The van der Waals surface area contributed by atoms with Crippen LogP contribution < -0.4 is 10.1 Å². The van der Waals surface area contributed by atoms with Crippen LogP contribution in [0.4, 0.5) is 0 Å². The molecule has 1 aromatic carbocycles. The Morgan fingerprint density at radius 2 is 1.74 bits per heavy atom. The van der Waals surface area contributed by atoms with Gasteiger partial charge in [-0.15, -0.1) is 0 Å². The van der Waals surface area contributed by atoms with Gasteiger partial charge in [-0.2, -0.15) is 0 Å². The van der Waals surface area contributed by atoms with Crippen molar-refractivity contribution >= 4 is 12.0 Å². The number of benzene rings is 1. The van der Waals surface area contributed by atoms with Crippen LogP contribution in [0.25, 0.3) is 6.08 Å². The van der Waals surface area contributed by atoms with Crippen LogP contribution in [0.15, 0.2) is 30.3 Å². The lowest BCUT2D eigenvalue weighted by molar-refractivity contribution is -0.116. The second kappa shape index (κ2) is 7.54. The highest BCUT2D eigenvalue weighted by atomic mass is 16.5. The molecule has 5 nitrogen and oxygen atoms in total. The second-order valence-electron chi connectivity index (χ2n) is 5.25. The number of carbonyl (C=O) groups excluding carboxylic acids is 1. The van der Waals surface area contributed by atoms with Crippen LogP contribution in [0.1, 0.15) is 28.3 Å². The van der Waals surface area contributed by atoms with Crippen molar-refractivity contribution in [2.45, 2.75) is 27.3 Å². The Bertz CT molecular complexity index is 722.